The summed E-state index contributed by atoms with van der Waals surface area (Å²) in [6, 6.07) is 19.2. The van der Waals surface area contributed by atoms with Gasteiger partial charge in [-0.1, -0.05) is 30.0 Å². The number of hydrogen-bond acceptors (Lipinski definition) is 7. The molecule has 0 N–H and O–H groups in total. The van der Waals surface area contributed by atoms with Crippen LogP contribution in [0.15, 0.2) is 70.2 Å². The molecule has 2 aromatic carbocycles. The van der Waals surface area contributed by atoms with E-state index in [1.165, 1.54) is 18.9 Å². The lowest BCUT2D eigenvalue weighted by molar-refractivity contribution is 0.0563. The van der Waals surface area contributed by atoms with Crippen LogP contribution >= 0.6 is 11.8 Å². The largest absolute Gasteiger partial charge is 0.497 e. The molecule has 0 spiro atoms. The number of esters is 1. The van der Waals surface area contributed by atoms with E-state index in [9.17, 15) is 4.79 Å². The molecule has 0 aliphatic carbocycles. The van der Waals surface area contributed by atoms with Crippen molar-refractivity contribution in [1.82, 2.24) is 14.8 Å². The molecule has 0 radical (unpaired) electrons. The number of para-hydroxylation sites is 1. The highest BCUT2D eigenvalue weighted by Crippen LogP contribution is 2.32. The van der Waals surface area contributed by atoms with Crippen LogP contribution in [-0.4, -0.2) is 35.0 Å². The first kappa shape index (κ1) is 20.7. The van der Waals surface area contributed by atoms with Crippen molar-refractivity contribution in [3.05, 3.63) is 77.7 Å². The predicted molar refractivity (Wildman–Crippen MR) is 118 cm³/mol. The van der Waals surface area contributed by atoms with Gasteiger partial charge < -0.3 is 13.9 Å². The van der Waals surface area contributed by atoms with Crippen LogP contribution in [0.5, 0.6) is 5.75 Å². The van der Waals surface area contributed by atoms with E-state index < -0.39 is 5.97 Å². The van der Waals surface area contributed by atoms with Gasteiger partial charge in [-0.15, -0.1) is 10.2 Å². The third-order valence-corrected chi connectivity index (χ3v) is 5.68. The smallest absolute Gasteiger partial charge is 0.373 e. The zero-order valence-electron chi connectivity index (χ0n) is 17.4. The van der Waals surface area contributed by atoms with E-state index in [0.717, 1.165) is 33.5 Å². The summed E-state index contributed by atoms with van der Waals surface area (Å²) < 4.78 is 17.6. The summed E-state index contributed by atoms with van der Waals surface area (Å²) in [7, 11) is 2.96. The van der Waals surface area contributed by atoms with Gasteiger partial charge in [-0.05, 0) is 55.0 Å². The van der Waals surface area contributed by atoms with Crippen molar-refractivity contribution in [3.8, 4) is 22.8 Å². The normalized spacial score (nSPS) is 10.8. The van der Waals surface area contributed by atoms with E-state index in [4.69, 9.17) is 13.9 Å². The van der Waals surface area contributed by atoms with E-state index in [1.54, 1.807) is 19.2 Å². The number of carbonyl (C=O) groups is 1. The van der Waals surface area contributed by atoms with E-state index in [-0.39, 0.29) is 5.76 Å². The minimum atomic E-state index is -0.499. The molecule has 0 unspecified atom stereocenters. The average molecular weight is 436 g/mol. The lowest BCUT2D eigenvalue weighted by atomic mass is 10.1. The fourth-order valence-corrected chi connectivity index (χ4v) is 3.96. The molecule has 158 valence electrons. The summed E-state index contributed by atoms with van der Waals surface area (Å²) in [4.78, 5) is 11.6. The molecule has 0 atom stereocenters. The van der Waals surface area contributed by atoms with Crippen LogP contribution in [0.2, 0.25) is 0 Å². The summed E-state index contributed by atoms with van der Waals surface area (Å²) in [5.41, 5.74) is 3.02. The molecule has 8 heteroatoms. The Hall–Kier alpha value is -3.52. The summed E-state index contributed by atoms with van der Waals surface area (Å²) in [5.74, 6) is 2.33. The number of aromatic nitrogens is 3. The second-order valence-electron chi connectivity index (χ2n) is 6.70. The van der Waals surface area contributed by atoms with Crippen molar-refractivity contribution in [2.75, 3.05) is 14.2 Å². The van der Waals surface area contributed by atoms with E-state index in [1.807, 2.05) is 47.0 Å². The van der Waals surface area contributed by atoms with E-state index in [0.29, 0.717) is 11.5 Å². The van der Waals surface area contributed by atoms with Crippen LogP contribution < -0.4 is 4.74 Å². The van der Waals surface area contributed by atoms with Crippen LogP contribution in [0.1, 0.15) is 21.9 Å². The predicted octanol–water partition coefficient (Wildman–Crippen LogP) is 4.92. The lowest BCUT2D eigenvalue weighted by Crippen LogP contribution is -2.02. The molecule has 0 aliphatic rings. The minimum absolute atomic E-state index is 0.178. The molecule has 0 amide bonds. The highest BCUT2D eigenvalue weighted by atomic mass is 32.2. The summed E-state index contributed by atoms with van der Waals surface area (Å²) in [5, 5.41) is 9.62. The van der Waals surface area contributed by atoms with Crippen molar-refractivity contribution in [3.63, 3.8) is 0 Å². The second-order valence-corrected chi connectivity index (χ2v) is 7.65. The number of rotatable bonds is 7. The van der Waals surface area contributed by atoms with Crippen molar-refractivity contribution < 1.29 is 18.7 Å². The number of thioether (sulfide) groups is 1. The van der Waals surface area contributed by atoms with Gasteiger partial charge in [-0.2, -0.15) is 0 Å². The molecule has 4 aromatic rings. The number of benzene rings is 2. The van der Waals surface area contributed by atoms with E-state index >= 15 is 0 Å². The van der Waals surface area contributed by atoms with E-state index in [2.05, 4.69) is 23.2 Å². The Morgan fingerprint density at radius 3 is 2.52 bits per heavy atom. The average Bonchev–Trinajstić information content (AvgIpc) is 3.45. The number of hydrogen-bond donors (Lipinski definition) is 0. The second kappa shape index (κ2) is 9.09. The summed E-state index contributed by atoms with van der Waals surface area (Å²) in [6.07, 6.45) is 0. The Labute approximate surface area is 184 Å². The maximum atomic E-state index is 11.6. The number of ether oxygens (including phenoxy) is 2. The maximum Gasteiger partial charge on any atom is 0.373 e. The number of nitrogens with zero attached hydrogens (tertiary/aromatic N) is 3. The third kappa shape index (κ3) is 4.34. The first-order valence-corrected chi connectivity index (χ1v) is 10.5. The zero-order chi connectivity index (χ0) is 21.8. The minimum Gasteiger partial charge on any atom is -0.497 e. The lowest BCUT2D eigenvalue weighted by Gasteiger charge is -2.13. The Balaban J connectivity index is 1.69. The first-order valence-electron chi connectivity index (χ1n) is 9.56. The molecule has 0 fully saturated rings. The number of furan rings is 1. The van der Waals surface area contributed by atoms with Crippen LogP contribution in [0.25, 0.3) is 17.1 Å². The highest BCUT2D eigenvalue weighted by molar-refractivity contribution is 7.98. The molecule has 4 rings (SSSR count). The molecule has 7 nitrogen and oxygen atoms in total. The van der Waals surface area contributed by atoms with Gasteiger partial charge in [-0.3, -0.25) is 4.57 Å². The van der Waals surface area contributed by atoms with Gasteiger partial charge in [0.1, 0.15) is 11.5 Å². The quantitative estimate of drug-likeness (QED) is 0.301. The topological polar surface area (TPSA) is 79.4 Å². The zero-order valence-corrected chi connectivity index (χ0v) is 18.2. The third-order valence-electron chi connectivity index (χ3n) is 4.73. The van der Waals surface area contributed by atoms with Gasteiger partial charge >= 0.3 is 5.97 Å². The first-order chi connectivity index (χ1) is 15.1. The van der Waals surface area contributed by atoms with Crippen LogP contribution in [0, 0.1) is 6.92 Å². The Kier molecular flexibility index (Phi) is 6.08. The summed E-state index contributed by atoms with van der Waals surface area (Å²) >= 11 is 1.48. The highest BCUT2D eigenvalue weighted by Gasteiger charge is 2.19. The fourth-order valence-electron chi connectivity index (χ4n) is 3.12. The number of aryl methyl sites for hydroxylation is 1. The van der Waals surface area contributed by atoms with Crippen LogP contribution in [0.4, 0.5) is 0 Å². The standard InChI is InChI=1S/C23H21N3O4S/c1-15-6-4-5-7-19(15)26-21(16-8-10-17(28-2)11-9-16)24-25-23(26)31-14-18-12-13-20(30-18)22(27)29-3/h4-13H,14H2,1-3H3. The van der Waals surface area contributed by atoms with Gasteiger partial charge in [0, 0.05) is 5.56 Å². The molecule has 0 saturated carbocycles. The van der Waals surface area contributed by atoms with Gasteiger partial charge in [0.2, 0.25) is 5.76 Å². The van der Waals surface area contributed by atoms with Crippen molar-refractivity contribution in [2.45, 2.75) is 17.8 Å². The molecule has 0 bridgehead atoms. The molecule has 0 aliphatic heterocycles. The Morgan fingerprint density at radius 2 is 1.81 bits per heavy atom. The van der Waals surface area contributed by atoms with Gasteiger partial charge in [0.15, 0.2) is 11.0 Å². The Morgan fingerprint density at radius 1 is 1.03 bits per heavy atom. The maximum absolute atomic E-state index is 11.6. The molecule has 0 saturated heterocycles. The van der Waals surface area contributed by atoms with Crippen LogP contribution in [-0.2, 0) is 10.5 Å². The fraction of sp³-hybridized carbons (Fsp3) is 0.174. The number of methoxy groups -OCH3 is 2. The Bertz CT molecular complexity index is 1200. The van der Waals surface area contributed by atoms with Gasteiger partial charge in [-0.25, -0.2) is 4.79 Å². The van der Waals surface area contributed by atoms with Gasteiger partial charge in [0.25, 0.3) is 0 Å². The monoisotopic (exact) mass is 435 g/mol. The molecular weight excluding hydrogens is 414 g/mol. The van der Waals surface area contributed by atoms with Crippen molar-refractivity contribution in [1.29, 1.82) is 0 Å². The van der Waals surface area contributed by atoms with Crippen molar-refractivity contribution in [2.24, 2.45) is 0 Å². The SMILES string of the molecule is COC(=O)c1ccc(CSc2nnc(-c3ccc(OC)cc3)n2-c2ccccc2C)o1. The number of carbonyl (C=O) groups excluding carboxylic acids is 1. The summed E-state index contributed by atoms with van der Waals surface area (Å²) in [6.45, 7) is 2.05. The molecule has 2 aromatic heterocycles. The van der Waals surface area contributed by atoms with Gasteiger partial charge in [0.05, 0.1) is 25.7 Å². The van der Waals surface area contributed by atoms with Crippen molar-refractivity contribution >= 4 is 17.7 Å². The molecule has 2 heterocycles. The van der Waals surface area contributed by atoms with Crippen LogP contribution in [0.3, 0.4) is 0 Å². The molecular formula is C23H21N3O4S. The molecule has 31 heavy (non-hydrogen) atoms.